The van der Waals surface area contributed by atoms with Crippen LogP contribution >= 0.6 is 11.3 Å². The molecule has 1 aromatic rings. The molecule has 1 N–H and O–H groups in total. The smallest absolute Gasteiger partial charge is 0.0551 e. The van der Waals surface area contributed by atoms with Gasteiger partial charge in [-0.1, -0.05) is 13.0 Å². The van der Waals surface area contributed by atoms with Crippen molar-refractivity contribution >= 4 is 11.3 Å². The van der Waals surface area contributed by atoms with Crippen LogP contribution in [0.3, 0.4) is 0 Å². The third kappa shape index (κ3) is 3.80. The largest absolute Gasteiger partial charge is 0.378 e. The van der Waals surface area contributed by atoms with E-state index in [4.69, 9.17) is 4.74 Å². The van der Waals surface area contributed by atoms with E-state index in [9.17, 15) is 0 Å². The highest BCUT2D eigenvalue weighted by Crippen LogP contribution is 2.25. The van der Waals surface area contributed by atoms with Crippen LogP contribution in [0.1, 0.15) is 31.6 Å². The molecule has 3 heteroatoms. The number of ether oxygens (including phenoxy) is 1. The summed E-state index contributed by atoms with van der Waals surface area (Å²) in [6, 6.07) is 4.97. The Bertz CT molecular complexity index is 312. The van der Waals surface area contributed by atoms with E-state index in [-0.39, 0.29) is 0 Å². The standard InChI is InChI=1S/C14H23NOS/c1-3-6-15-14(9-13-5-4-7-17-13)12-8-11(2)16-10-12/h4-5,7,11-12,14-15H,3,6,8-10H2,1-2H3. The lowest BCUT2D eigenvalue weighted by molar-refractivity contribution is 0.117. The summed E-state index contributed by atoms with van der Waals surface area (Å²) in [4.78, 5) is 1.48. The average molecular weight is 253 g/mol. The van der Waals surface area contributed by atoms with E-state index in [1.807, 2.05) is 11.3 Å². The van der Waals surface area contributed by atoms with Gasteiger partial charge in [-0.05, 0) is 44.2 Å². The molecule has 96 valence electrons. The van der Waals surface area contributed by atoms with Gasteiger partial charge in [0.15, 0.2) is 0 Å². The summed E-state index contributed by atoms with van der Waals surface area (Å²) in [6.07, 6.45) is 3.99. The van der Waals surface area contributed by atoms with E-state index in [1.165, 1.54) is 17.7 Å². The van der Waals surface area contributed by atoms with Crippen molar-refractivity contribution in [3.05, 3.63) is 22.4 Å². The molecule has 0 spiro atoms. The predicted octanol–water partition coefficient (Wildman–Crippen LogP) is 3.08. The Kier molecular flexibility index (Phi) is 5.01. The predicted molar refractivity (Wildman–Crippen MR) is 73.6 cm³/mol. The highest BCUT2D eigenvalue weighted by molar-refractivity contribution is 7.09. The normalized spacial score (nSPS) is 26.2. The van der Waals surface area contributed by atoms with Gasteiger partial charge >= 0.3 is 0 Å². The summed E-state index contributed by atoms with van der Waals surface area (Å²) in [6.45, 7) is 6.44. The van der Waals surface area contributed by atoms with Gasteiger partial charge in [0.2, 0.25) is 0 Å². The Morgan fingerprint density at radius 2 is 2.47 bits per heavy atom. The van der Waals surface area contributed by atoms with Crippen molar-refractivity contribution in [2.45, 2.75) is 45.3 Å². The molecule has 0 radical (unpaired) electrons. The third-order valence-corrected chi connectivity index (χ3v) is 4.35. The van der Waals surface area contributed by atoms with E-state index in [2.05, 4.69) is 36.7 Å². The molecule has 2 rings (SSSR count). The Hall–Kier alpha value is -0.380. The molecule has 0 saturated carbocycles. The molecule has 2 nitrogen and oxygen atoms in total. The molecule has 17 heavy (non-hydrogen) atoms. The molecule has 2 heterocycles. The van der Waals surface area contributed by atoms with Crippen LogP contribution in [-0.4, -0.2) is 25.3 Å². The fourth-order valence-corrected chi connectivity index (χ4v) is 3.28. The van der Waals surface area contributed by atoms with Crippen molar-refractivity contribution < 1.29 is 4.74 Å². The SMILES string of the molecule is CCCNC(Cc1cccs1)C1COC(C)C1. The number of rotatable bonds is 6. The van der Waals surface area contributed by atoms with Crippen LogP contribution in [0.15, 0.2) is 17.5 Å². The van der Waals surface area contributed by atoms with E-state index in [1.54, 1.807) is 0 Å². The molecule has 1 aromatic heterocycles. The molecule has 0 aromatic carbocycles. The van der Waals surface area contributed by atoms with Crippen LogP contribution in [0.2, 0.25) is 0 Å². The number of hydrogen-bond donors (Lipinski definition) is 1. The molecule has 1 saturated heterocycles. The molecule has 0 aliphatic carbocycles. The zero-order valence-corrected chi connectivity index (χ0v) is 11.6. The Labute approximate surface area is 108 Å². The maximum Gasteiger partial charge on any atom is 0.0551 e. The summed E-state index contributed by atoms with van der Waals surface area (Å²) in [5.41, 5.74) is 0. The van der Waals surface area contributed by atoms with Crippen LogP contribution in [0, 0.1) is 5.92 Å². The van der Waals surface area contributed by atoms with Crippen LogP contribution in [0.4, 0.5) is 0 Å². The van der Waals surface area contributed by atoms with Gasteiger partial charge in [-0.25, -0.2) is 0 Å². The highest BCUT2D eigenvalue weighted by Gasteiger charge is 2.29. The Morgan fingerprint density at radius 1 is 1.59 bits per heavy atom. The minimum Gasteiger partial charge on any atom is -0.378 e. The fourth-order valence-electron chi connectivity index (χ4n) is 2.51. The van der Waals surface area contributed by atoms with Gasteiger partial charge in [0.05, 0.1) is 12.7 Å². The molecule has 3 atom stereocenters. The summed E-state index contributed by atoms with van der Waals surface area (Å²) in [7, 11) is 0. The molecule has 1 aliphatic heterocycles. The number of nitrogens with one attached hydrogen (secondary N) is 1. The molecule has 1 aliphatic rings. The summed E-state index contributed by atoms with van der Waals surface area (Å²) in [5.74, 6) is 0.679. The highest BCUT2D eigenvalue weighted by atomic mass is 32.1. The first-order valence-corrected chi connectivity index (χ1v) is 7.55. The second-order valence-corrected chi connectivity index (χ2v) is 6.02. The van der Waals surface area contributed by atoms with Crippen LogP contribution in [-0.2, 0) is 11.2 Å². The summed E-state index contributed by atoms with van der Waals surface area (Å²) < 4.78 is 5.71. The second kappa shape index (κ2) is 6.53. The number of hydrogen-bond acceptors (Lipinski definition) is 3. The minimum atomic E-state index is 0.439. The van der Waals surface area contributed by atoms with Crippen molar-refractivity contribution in [2.24, 2.45) is 5.92 Å². The number of thiophene rings is 1. The van der Waals surface area contributed by atoms with E-state index < -0.39 is 0 Å². The lowest BCUT2D eigenvalue weighted by Crippen LogP contribution is -2.38. The first-order valence-electron chi connectivity index (χ1n) is 6.67. The second-order valence-electron chi connectivity index (χ2n) is 4.98. The van der Waals surface area contributed by atoms with Crippen molar-refractivity contribution in [2.75, 3.05) is 13.2 Å². The topological polar surface area (TPSA) is 21.3 Å². The molecular formula is C14H23NOS. The maximum absolute atomic E-state index is 5.71. The maximum atomic E-state index is 5.71. The molecule has 1 fully saturated rings. The van der Waals surface area contributed by atoms with E-state index in [0.717, 1.165) is 19.6 Å². The van der Waals surface area contributed by atoms with Crippen molar-refractivity contribution in [1.82, 2.24) is 5.32 Å². The van der Waals surface area contributed by atoms with E-state index in [0.29, 0.717) is 18.1 Å². The van der Waals surface area contributed by atoms with Gasteiger partial charge in [-0.2, -0.15) is 0 Å². The van der Waals surface area contributed by atoms with Crippen molar-refractivity contribution in [3.8, 4) is 0 Å². The molecule has 0 amide bonds. The van der Waals surface area contributed by atoms with Gasteiger partial charge in [-0.3, -0.25) is 0 Å². The van der Waals surface area contributed by atoms with Crippen LogP contribution in [0.5, 0.6) is 0 Å². The average Bonchev–Trinajstić information content (AvgIpc) is 2.95. The van der Waals surface area contributed by atoms with Crippen molar-refractivity contribution in [1.29, 1.82) is 0 Å². The van der Waals surface area contributed by atoms with Crippen LogP contribution < -0.4 is 5.32 Å². The molecule has 0 bridgehead atoms. The Balaban J connectivity index is 1.92. The lowest BCUT2D eigenvalue weighted by atomic mass is 9.93. The first-order chi connectivity index (χ1) is 8.29. The molecule has 3 unspecified atom stereocenters. The third-order valence-electron chi connectivity index (χ3n) is 3.46. The fraction of sp³-hybridized carbons (Fsp3) is 0.714. The van der Waals surface area contributed by atoms with Crippen molar-refractivity contribution in [3.63, 3.8) is 0 Å². The van der Waals surface area contributed by atoms with Crippen LogP contribution in [0.25, 0.3) is 0 Å². The van der Waals surface area contributed by atoms with Gasteiger partial charge in [0.25, 0.3) is 0 Å². The van der Waals surface area contributed by atoms with Gasteiger partial charge in [-0.15, -0.1) is 11.3 Å². The van der Waals surface area contributed by atoms with Gasteiger partial charge < -0.3 is 10.1 Å². The zero-order valence-electron chi connectivity index (χ0n) is 10.8. The quantitative estimate of drug-likeness (QED) is 0.841. The monoisotopic (exact) mass is 253 g/mol. The first kappa shape index (κ1) is 13.1. The molecular weight excluding hydrogens is 230 g/mol. The minimum absolute atomic E-state index is 0.439. The van der Waals surface area contributed by atoms with E-state index >= 15 is 0 Å². The Morgan fingerprint density at radius 3 is 3.06 bits per heavy atom. The summed E-state index contributed by atoms with van der Waals surface area (Å²) >= 11 is 1.86. The van der Waals surface area contributed by atoms with Gasteiger partial charge in [0, 0.05) is 16.8 Å². The summed E-state index contributed by atoms with van der Waals surface area (Å²) in [5, 5.41) is 5.86. The zero-order chi connectivity index (χ0) is 12.1. The van der Waals surface area contributed by atoms with Gasteiger partial charge in [0.1, 0.15) is 0 Å². The lowest BCUT2D eigenvalue weighted by Gasteiger charge is -2.23.